The van der Waals surface area contributed by atoms with Crippen molar-refractivity contribution >= 4 is 16.7 Å². The molecule has 4 nitrogen and oxygen atoms in total. The average Bonchev–Trinajstić information content (AvgIpc) is 3.31. The zero-order chi connectivity index (χ0) is 21.4. The molecular formula is C27H30N2O2. The summed E-state index contributed by atoms with van der Waals surface area (Å²) in [5.74, 6) is -0.0592. The maximum atomic E-state index is 12.9. The minimum atomic E-state index is -0.278. The predicted octanol–water partition coefficient (Wildman–Crippen LogP) is 4.92. The summed E-state index contributed by atoms with van der Waals surface area (Å²) in [6.45, 7) is 4.65. The molecule has 4 heteroatoms. The number of carbonyl (C=O) groups is 1. The third kappa shape index (κ3) is 3.98. The van der Waals surface area contributed by atoms with Crippen LogP contribution in [-0.2, 0) is 0 Å². The maximum absolute atomic E-state index is 12.9. The molecule has 1 aliphatic carbocycles. The van der Waals surface area contributed by atoms with E-state index in [-0.39, 0.29) is 18.1 Å². The van der Waals surface area contributed by atoms with Gasteiger partial charge in [0.15, 0.2) is 0 Å². The van der Waals surface area contributed by atoms with E-state index in [1.807, 2.05) is 24.3 Å². The number of carbonyl (C=O) groups excluding carboxylic acids is 1. The lowest BCUT2D eigenvalue weighted by atomic mass is 9.89. The second-order valence-corrected chi connectivity index (χ2v) is 9.05. The van der Waals surface area contributed by atoms with Gasteiger partial charge in [-0.25, -0.2) is 0 Å². The number of benzene rings is 3. The number of nitrogens with zero attached hydrogens (tertiary/aromatic N) is 1. The Labute approximate surface area is 183 Å². The fraction of sp³-hybridized carbons (Fsp3) is 0.370. The molecule has 5 rings (SSSR count). The maximum Gasteiger partial charge on any atom is 0.252 e. The van der Waals surface area contributed by atoms with E-state index in [2.05, 4.69) is 53.5 Å². The minimum absolute atomic E-state index is 0.0592. The first-order valence-corrected chi connectivity index (χ1v) is 11.5. The molecule has 1 saturated heterocycles. The van der Waals surface area contributed by atoms with Crippen LogP contribution in [0.4, 0.5) is 0 Å². The van der Waals surface area contributed by atoms with Crippen LogP contribution < -0.4 is 5.32 Å². The van der Waals surface area contributed by atoms with E-state index in [0.717, 1.165) is 16.3 Å². The summed E-state index contributed by atoms with van der Waals surface area (Å²) in [5, 5.41) is 14.6. The lowest BCUT2D eigenvalue weighted by molar-refractivity contribution is 0.0563. The Hall–Kier alpha value is -2.69. The average molecular weight is 415 g/mol. The molecule has 1 atom stereocenters. The topological polar surface area (TPSA) is 52.6 Å². The molecule has 1 heterocycles. The molecule has 2 aliphatic rings. The number of amides is 1. The fourth-order valence-corrected chi connectivity index (χ4v) is 5.03. The second-order valence-electron chi connectivity index (χ2n) is 9.05. The first-order chi connectivity index (χ1) is 15.1. The highest BCUT2D eigenvalue weighted by atomic mass is 16.3. The Kier molecular flexibility index (Phi) is 5.51. The first kappa shape index (κ1) is 20.2. The fourth-order valence-electron chi connectivity index (χ4n) is 5.03. The van der Waals surface area contributed by atoms with Gasteiger partial charge in [0.2, 0.25) is 0 Å². The molecule has 2 fully saturated rings. The highest BCUT2D eigenvalue weighted by Gasteiger charge is 2.29. The van der Waals surface area contributed by atoms with Crippen molar-refractivity contribution in [2.75, 3.05) is 13.1 Å². The van der Waals surface area contributed by atoms with Crippen LogP contribution in [0.15, 0.2) is 60.7 Å². The zero-order valence-corrected chi connectivity index (χ0v) is 18.1. The van der Waals surface area contributed by atoms with Gasteiger partial charge in [0.05, 0.1) is 6.10 Å². The molecule has 0 radical (unpaired) electrons. The van der Waals surface area contributed by atoms with Crippen LogP contribution in [0.25, 0.3) is 21.9 Å². The third-order valence-corrected chi connectivity index (χ3v) is 6.98. The number of hydrogen-bond acceptors (Lipinski definition) is 3. The van der Waals surface area contributed by atoms with Crippen LogP contribution >= 0.6 is 0 Å². The summed E-state index contributed by atoms with van der Waals surface area (Å²) in [4.78, 5) is 15.5. The van der Waals surface area contributed by atoms with Crippen LogP contribution in [0.5, 0.6) is 0 Å². The van der Waals surface area contributed by atoms with Gasteiger partial charge in [-0.2, -0.15) is 0 Å². The molecule has 0 bridgehead atoms. The Bertz CT molecular complexity index is 1100. The monoisotopic (exact) mass is 414 g/mol. The van der Waals surface area contributed by atoms with Crippen molar-refractivity contribution in [3.8, 4) is 11.1 Å². The van der Waals surface area contributed by atoms with Gasteiger partial charge in [-0.15, -0.1) is 0 Å². The molecule has 1 saturated carbocycles. The number of hydrogen-bond donors (Lipinski definition) is 2. The number of aliphatic hydroxyl groups excluding tert-OH is 1. The van der Waals surface area contributed by atoms with Gasteiger partial charge in [0.1, 0.15) is 0 Å². The Morgan fingerprint density at radius 1 is 1.00 bits per heavy atom. The third-order valence-electron chi connectivity index (χ3n) is 6.98. The van der Waals surface area contributed by atoms with Crippen LogP contribution in [0.3, 0.4) is 0 Å². The van der Waals surface area contributed by atoms with E-state index in [1.165, 1.54) is 37.1 Å². The van der Waals surface area contributed by atoms with Gasteiger partial charge in [0.25, 0.3) is 5.91 Å². The van der Waals surface area contributed by atoms with Gasteiger partial charge in [0, 0.05) is 17.6 Å². The predicted molar refractivity (Wildman–Crippen MR) is 125 cm³/mol. The van der Waals surface area contributed by atoms with Gasteiger partial charge < -0.3 is 10.4 Å². The SMILES string of the molecule is CC(c1cccc(-c2cccc3c(C(=O)NC4CC(O)C4)cccc23)c1)N1CCCC1. The molecular weight excluding hydrogens is 384 g/mol. The molecule has 3 aromatic rings. The molecule has 1 aliphatic heterocycles. The van der Waals surface area contributed by atoms with Crippen LogP contribution in [-0.4, -0.2) is 41.1 Å². The standard InChI is InChI=1S/C27H30N2O2/c1-18(29-13-2-3-14-29)19-7-4-8-20(15-19)23-9-5-11-25-24(23)10-6-12-26(25)27(31)28-21-16-22(30)17-21/h4-12,15,18,21-22,30H,2-3,13-14,16-17H2,1H3,(H,28,31). The largest absolute Gasteiger partial charge is 0.393 e. The minimum Gasteiger partial charge on any atom is -0.393 e. The molecule has 3 aromatic carbocycles. The van der Waals surface area contributed by atoms with Crippen molar-refractivity contribution in [2.24, 2.45) is 0 Å². The summed E-state index contributed by atoms with van der Waals surface area (Å²) < 4.78 is 0. The quantitative estimate of drug-likeness (QED) is 0.623. The Morgan fingerprint density at radius 2 is 1.71 bits per heavy atom. The van der Waals surface area contributed by atoms with Crippen LogP contribution in [0.2, 0.25) is 0 Å². The second kappa shape index (κ2) is 8.45. The normalized spacial score (nSPS) is 22.3. The first-order valence-electron chi connectivity index (χ1n) is 11.5. The smallest absolute Gasteiger partial charge is 0.252 e. The number of fused-ring (bicyclic) bond motifs is 1. The molecule has 1 amide bonds. The number of rotatable bonds is 5. The van der Waals surface area contributed by atoms with Crippen molar-refractivity contribution < 1.29 is 9.90 Å². The molecule has 1 unspecified atom stereocenters. The Morgan fingerprint density at radius 3 is 2.48 bits per heavy atom. The highest BCUT2D eigenvalue weighted by Crippen LogP contribution is 2.33. The molecule has 31 heavy (non-hydrogen) atoms. The zero-order valence-electron chi connectivity index (χ0n) is 18.1. The lowest BCUT2D eigenvalue weighted by Crippen LogP contribution is -2.46. The van der Waals surface area contributed by atoms with E-state index in [0.29, 0.717) is 24.4 Å². The van der Waals surface area contributed by atoms with Crippen molar-refractivity contribution in [3.63, 3.8) is 0 Å². The van der Waals surface area contributed by atoms with Crippen LogP contribution in [0.1, 0.15) is 54.6 Å². The highest BCUT2D eigenvalue weighted by molar-refractivity contribution is 6.10. The van der Waals surface area contributed by atoms with E-state index < -0.39 is 0 Å². The molecule has 2 N–H and O–H groups in total. The van der Waals surface area contributed by atoms with Gasteiger partial charge in [-0.3, -0.25) is 9.69 Å². The summed E-state index contributed by atoms with van der Waals surface area (Å²) in [6.07, 6.45) is 3.59. The van der Waals surface area contributed by atoms with E-state index in [1.54, 1.807) is 0 Å². The van der Waals surface area contributed by atoms with Gasteiger partial charge >= 0.3 is 0 Å². The summed E-state index contributed by atoms with van der Waals surface area (Å²) in [5.41, 5.74) is 4.38. The van der Waals surface area contributed by atoms with Gasteiger partial charge in [-0.05, 0) is 85.3 Å². The van der Waals surface area contributed by atoms with Gasteiger partial charge in [-0.1, -0.05) is 48.5 Å². The van der Waals surface area contributed by atoms with E-state index in [4.69, 9.17) is 0 Å². The van der Waals surface area contributed by atoms with E-state index in [9.17, 15) is 9.90 Å². The molecule has 0 aromatic heterocycles. The van der Waals surface area contributed by atoms with Crippen molar-refractivity contribution in [3.05, 3.63) is 71.8 Å². The summed E-state index contributed by atoms with van der Waals surface area (Å²) in [7, 11) is 0. The molecule has 0 spiro atoms. The summed E-state index contributed by atoms with van der Waals surface area (Å²) >= 11 is 0. The molecule has 160 valence electrons. The lowest BCUT2D eigenvalue weighted by Gasteiger charge is -2.32. The Balaban J connectivity index is 1.48. The van der Waals surface area contributed by atoms with Crippen molar-refractivity contribution in [2.45, 2.75) is 50.8 Å². The van der Waals surface area contributed by atoms with Crippen LogP contribution in [0, 0.1) is 0 Å². The van der Waals surface area contributed by atoms with E-state index >= 15 is 0 Å². The van der Waals surface area contributed by atoms with Crippen molar-refractivity contribution in [1.29, 1.82) is 0 Å². The number of aliphatic hydroxyl groups is 1. The number of nitrogens with one attached hydrogen (secondary N) is 1. The summed E-state index contributed by atoms with van der Waals surface area (Å²) in [6, 6.07) is 21.5. The van der Waals surface area contributed by atoms with Crippen molar-refractivity contribution in [1.82, 2.24) is 10.2 Å². The number of likely N-dealkylation sites (tertiary alicyclic amines) is 1.